The van der Waals surface area contributed by atoms with Crippen LogP contribution < -0.4 is 26.1 Å². The van der Waals surface area contributed by atoms with Crippen molar-refractivity contribution in [2.75, 3.05) is 4.90 Å². The number of thiophene rings is 2. The number of halogens is 1. The first-order valence-corrected chi connectivity index (χ1v) is 17.1. The molecule has 0 bridgehead atoms. The van der Waals surface area contributed by atoms with Crippen molar-refractivity contribution in [1.29, 1.82) is 0 Å². The molecule has 0 N–H and O–H groups in total. The van der Waals surface area contributed by atoms with E-state index in [4.69, 9.17) is 0 Å². The molecule has 2 aromatic heterocycles. The molecule has 4 heteroatoms. The van der Waals surface area contributed by atoms with Crippen molar-refractivity contribution in [3.8, 4) is 11.1 Å². The molecule has 0 fully saturated rings. The molecule has 1 aliphatic heterocycles. The fourth-order valence-corrected chi connectivity index (χ4v) is 11.7. The Bertz CT molecular complexity index is 2160. The maximum atomic E-state index is 2.58. The number of fused-ring (bicyclic) bond motifs is 9. The number of hydrogen-bond acceptors (Lipinski definition) is 3. The van der Waals surface area contributed by atoms with Crippen LogP contribution >= 0.6 is 22.7 Å². The second kappa shape index (κ2) is 8.90. The van der Waals surface area contributed by atoms with E-state index in [9.17, 15) is 0 Å². The monoisotopic (exact) mass is 658 g/mol. The van der Waals surface area contributed by atoms with E-state index in [-0.39, 0.29) is 21.2 Å². The summed E-state index contributed by atoms with van der Waals surface area (Å²) >= 11 is 3.52. The zero-order valence-electron chi connectivity index (χ0n) is 21.3. The Morgan fingerprint density at radius 1 is 0.425 bits per heavy atom. The molecule has 1 aliphatic rings. The molecular formula is C36H21INS2-. The first-order chi connectivity index (χ1) is 19.8. The number of anilines is 3. The van der Waals surface area contributed by atoms with Crippen molar-refractivity contribution in [2.24, 2.45) is 0 Å². The van der Waals surface area contributed by atoms with Crippen LogP contribution in [0.25, 0.3) is 51.5 Å². The van der Waals surface area contributed by atoms with Gasteiger partial charge < -0.3 is 0 Å². The number of nitrogens with zero attached hydrogens (tertiary/aromatic N) is 1. The molecule has 3 heterocycles. The molecule has 0 spiro atoms. The van der Waals surface area contributed by atoms with E-state index in [1.54, 1.807) is 0 Å². The normalized spacial score (nSPS) is 12.6. The van der Waals surface area contributed by atoms with Crippen molar-refractivity contribution in [2.45, 2.75) is 0 Å². The molecular weight excluding hydrogens is 637 g/mol. The Balaban J connectivity index is 1.39. The Kier molecular flexibility index (Phi) is 5.12. The van der Waals surface area contributed by atoms with Gasteiger partial charge >= 0.3 is 252 Å². The number of hydrogen-bond donors (Lipinski definition) is 0. The van der Waals surface area contributed by atoms with Crippen LogP contribution in [0, 0.1) is 7.14 Å². The predicted molar refractivity (Wildman–Crippen MR) is 170 cm³/mol. The van der Waals surface area contributed by atoms with Gasteiger partial charge in [-0.15, -0.1) is 0 Å². The van der Waals surface area contributed by atoms with Gasteiger partial charge in [-0.1, -0.05) is 0 Å². The molecule has 0 radical (unpaired) electrons. The van der Waals surface area contributed by atoms with Crippen molar-refractivity contribution >= 4 is 80.1 Å². The molecule has 6 aromatic carbocycles. The van der Waals surface area contributed by atoms with Crippen molar-refractivity contribution < 1.29 is 21.2 Å². The molecule has 1 nitrogen and oxygen atoms in total. The minimum atomic E-state index is -0.299. The van der Waals surface area contributed by atoms with Crippen LogP contribution in [0.15, 0.2) is 127 Å². The quantitative estimate of drug-likeness (QED) is 0.174. The summed E-state index contributed by atoms with van der Waals surface area (Å²) in [6, 6.07) is 47.3. The average Bonchev–Trinajstić information content (AvgIpc) is 3.70. The van der Waals surface area contributed by atoms with E-state index in [0.717, 1.165) is 0 Å². The summed E-state index contributed by atoms with van der Waals surface area (Å²) in [6.07, 6.45) is 0. The van der Waals surface area contributed by atoms with Gasteiger partial charge in [-0.3, -0.25) is 0 Å². The molecule has 190 valence electrons. The van der Waals surface area contributed by atoms with E-state index in [2.05, 4.69) is 132 Å². The number of benzene rings is 6. The van der Waals surface area contributed by atoms with Gasteiger partial charge in [-0.25, -0.2) is 0 Å². The molecule has 0 aliphatic carbocycles. The minimum absolute atomic E-state index is 0.299. The molecule has 0 saturated heterocycles. The van der Waals surface area contributed by atoms with Crippen LogP contribution in [-0.4, -0.2) is 0 Å². The third kappa shape index (κ3) is 3.30. The molecule has 0 amide bonds. The summed E-state index contributed by atoms with van der Waals surface area (Å²) in [5, 5.41) is 5.33. The Hall–Kier alpha value is -3.71. The van der Waals surface area contributed by atoms with E-state index < -0.39 is 0 Å². The van der Waals surface area contributed by atoms with Crippen molar-refractivity contribution in [3.05, 3.63) is 135 Å². The zero-order valence-corrected chi connectivity index (χ0v) is 25.1. The van der Waals surface area contributed by atoms with Crippen LogP contribution in [0.1, 0.15) is 0 Å². The van der Waals surface area contributed by atoms with Crippen LogP contribution in [0.5, 0.6) is 0 Å². The maximum absolute atomic E-state index is 2.58. The van der Waals surface area contributed by atoms with Gasteiger partial charge in [-0.05, 0) is 0 Å². The first-order valence-electron chi connectivity index (χ1n) is 13.3. The van der Waals surface area contributed by atoms with Gasteiger partial charge in [0.1, 0.15) is 0 Å². The fourth-order valence-electron chi connectivity index (χ4n) is 6.07. The summed E-state index contributed by atoms with van der Waals surface area (Å²) in [5.74, 6) is 0. The van der Waals surface area contributed by atoms with Gasteiger partial charge in [0.2, 0.25) is 0 Å². The fraction of sp³-hybridized carbons (Fsp3) is 0. The molecule has 0 atom stereocenters. The molecule has 0 unspecified atom stereocenters. The summed E-state index contributed by atoms with van der Waals surface area (Å²) in [5.41, 5.74) is 6.65. The Labute approximate surface area is 250 Å². The third-order valence-electron chi connectivity index (χ3n) is 7.83. The van der Waals surface area contributed by atoms with Crippen molar-refractivity contribution in [3.63, 3.8) is 0 Å². The third-order valence-corrected chi connectivity index (χ3v) is 13.4. The summed E-state index contributed by atoms with van der Waals surface area (Å²) in [7, 11) is 0. The van der Waals surface area contributed by atoms with Crippen LogP contribution in [0.3, 0.4) is 0 Å². The number of rotatable bonds is 3. The first kappa shape index (κ1) is 23.0. The zero-order chi connectivity index (χ0) is 26.2. The van der Waals surface area contributed by atoms with Gasteiger partial charge in [0.25, 0.3) is 0 Å². The van der Waals surface area contributed by atoms with E-state index in [1.165, 1.54) is 75.7 Å². The Morgan fingerprint density at radius 3 is 1.60 bits per heavy atom. The van der Waals surface area contributed by atoms with Crippen molar-refractivity contribution in [1.82, 2.24) is 0 Å². The summed E-state index contributed by atoms with van der Waals surface area (Å²) in [6.45, 7) is 0. The predicted octanol–water partition coefficient (Wildman–Crippen LogP) is 8.00. The van der Waals surface area contributed by atoms with Crippen LogP contribution in [0.2, 0.25) is 0 Å². The average molecular weight is 659 g/mol. The van der Waals surface area contributed by atoms with Crippen LogP contribution in [-0.2, 0) is 0 Å². The van der Waals surface area contributed by atoms with E-state index >= 15 is 0 Å². The standard InChI is InChI=1S/C36H21INS2/c1-4-16-28-22(10-1)25-13-7-17-29(34(25)37-28)38(30-18-8-14-26-23-11-2-5-20-32(23)39-35(26)30)31-19-9-15-27-24-12-3-6-21-33(24)40-36(27)31/h1-21H/q-1. The van der Waals surface area contributed by atoms with Gasteiger partial charge in [0, 0.05) is 0 Å². The van der Waals surface area contributed by atoms with Gasteiger partial charge in [-0.2, -0.15) is 0 Å². The SMILES string of the molecule is c1ccc2c(c1)[I-]c1c-2cccc1N(c1cccc2c1sc1ccccc12)c1cccc2c1sc1ccccc12. The molecule has 8 aromatic rings. The van der Waals surface area contributed by atoms with Gasteiger partial charge in [0.05, 0.1) is 0 Å². The Morgan fingerprint density at radius 2 is 0.925 bits per heavy atom. The molecule has 0 saturated carbocycles. The summed E-state index contributed by atoms with van der Waals surface area (Å²) < 4.78 is 8.38. The second-order valence-electron chi connectivity index (χ2n) is 10.1. The van der Waals surface area contributed by atoms with Crippen LogP contribution in [0.4, 0.5) is 17.1 Å². The van der Waals surface area contributed by atoms with Gasteiger partial charge in [0.15, 0.2) is 0 Å². The van der Waals surface area contributed by atoms with E-state index in [1.807, 2.05) is 22.7 Å². The molecule has 40 heavy (non-hydrogen) atoms. The topological polar surface area (TPSA) is 3.24 Å². The molecule has 9 rings (SSSR count). The second-order valence-corrected chi connectivity index (χ2v) is 14.9. The van der Waals surface area contributed by atoms with E-state index in [0.29, 0.717) is 0 Å². The summed E-state index contributed by atoms with van der Waals surface area (Å²) in [4.78, 5) is 2.58.